The first kappa shape index (κ1) is 17.6. The number of benzene rings is 2. The van der Waals surface area contributed by atoms with Gasteiger partial charge in [-0.05, 0) is 35.9 Å². The normalized spacial score (nSPS) is 10.8. The fourth-order valence-electron chi connectivity index (χ4n) is 1.84. The van der Waals surface area contributed by atoms with Gasteiger partial charge in [0.05, 0.1) is 9.85 Å². The molecule has 0 heterocycles. The molecule has 0 N–H and O–H groups in total. The van der Waals surface area contributed by atoms with E-state index >= 15 is 0 Å². The van der Waals surface area contributed by atoms with Crippen LogP contribution in [0.15, 0.2) is 42.5 Å². The molecule has 2 rings (SSSR count). The summed E-state index contributed by atoms with van der Waals surface area (Å²) >= 11 is 11.6. The molecule has 122 valence electrons. The maximum Gasteiger partial charge on any atom is 0.288 e. The monoisotopic (exact) mass is 366 g/mol. The molecule has 0 fully saturated rings. The lowest BCUT2D eigenvalue weighted by atomic mass is 10.1. The summed E-state index contributed by atoms with van der Waals surface area (Å²) < 4.78 is 0. The number of carbonyl (C=O) groups is 1. The van der Waals surface area contributed by atoms with E-state index in [1.54, 1.807) is 0 Å². The van der Waals surface area contributed by atoms with Crippen LogP contribution < -0.4 is 0 Å². The van der Waals surface area contributed by atoms with Crippen LogP contribution in [0.2, 0.25) is 10.0 Å². The second-order valence-corrected chi connectivity index (χ2v) is 5.40. The smallest absolute Gasteiger partial charge is 0.288 e. The molecule has 0 aliphatic carbocycles. The van der Waals surface area contributed by atoms with Crippen LogP contribution in [0.5, 0.6) is 0 Å². The van der Waals surface area contributed by atoms with Crippen molar-refractivity contribution in [2.45, 2.75) is 0 Å². The summed E-state index contributed by atoms with van der Waals surface area (Å²) in [6, 6.07) is 7.46. The highest BCUT2D eigenvalue weighted by Crippen LogP contribution is 2.26. The minimum Gasteiger partial charge on any atom is -0.289 e. The van der Waals surface area contributed by atoms with Crippen molar-refractivity contribution in [1.29, 1.82) is 0 Å². The molecule has 0 aliphatic rings. The molecule has 2 aromatic carbocycles. The van der Waals surface area contributed by atoms with E-state index in [0.29, 0.717) is 0 Å². The summed E-state index contributed by atoms with van der Waals surface area (Å²) in [7, 11) is 0. The van der Waals surface area contributed by atoms with Gasteiger partial charge in [0.1, 0.15) is 5.02 Å². The van der Waals surface area contributed by atoms with Gasteiger partial charge in [-0.1, -0.05) is 23.2 Å². The van der Waals surface area contributed by atoms with Crippen molar-refractivity contribution >= 4 is 46.4 Å². The molecule has 0 aliphatic heterocycles. The van der Waals surface area contributed by atoms with E-state index in [1.807, 2.05) is 0 Å². The van der Waals surface area contributed by atoms with Crippen molar-refractivity contribution in [2.75, 3.05) is 0 Å². The number of nitro groups is 2. The first-order valence-corrected chi connectivity index (χ1v) is 7.15. The number of hydrogen-bond acceptors (Lipinski definition) is 5. The SMILES string of the molecule is O=C(/C=C/c1cc([N+](=O)[O-])ccc1Cl)c1ccc(Cl)c([N+](=O)[O-])c1. The van der Waals surface area contributed by atoms with Crippen molar-refractivity contribution in [3.05, 3.63) is 83.9 Å². The summed E-state index contributed by atoms with van der Waals surface area (Å²) in [5, 5.41) is 21.7. The van der Waals surface area contributed by atoms with Crippen LogP contribution in [0.1, 0.15) is 15.9 Å². The van der Waals surface area contributed by atoms with Crippen LogP contribution >= 0.6 is 23.2 Å². The van der Waals surface area contributed by atoms with Crippen molar-refractivity contribution < 1.29 is 14.6 Å². The van der Waals surface area contributed by atoms with Crippen LogP contribution in [0.25, 0.3) is 6.08 Å². The largest absolute Gasteiger partial charge is 0.289 e. The van der Waals surface area contributed by atoms with E-state index in [-0.39, 0.29) is 32.5 Å². The Morgan fingerprint density at radius 3 is 2.25 bits per heavy atom. The summed E-state index contributed by atoms with van der Waals surface area (Å²) in [6.07, 6.45) is 2.43. The Morgan fingerprint density at radius 1 is 0.958 bits per heavy atom. The predicted octanol–water partition coefficient (Wildman–Crippen LogP) is 4.71. The Balaban J connectivity index is 2.31. The molecule has 0 atom stereocenters. The van der Waals surface area contributed by atoms with Crippen molar-refractivity contribution in [1.82, 2.24) is 0 Å². The van der Waals surface area contributed by atoms with Gasteiger partial charge in [0.25, 0.3) is 11.4 Å². The molecule has 0 bridgehead atoms. The van der Waals surface area contributed by atoms with Gasteiger partial charge in [0.15, 0.2) is 5.78 Å². The lowest BCUT2D eigenvalue weighted by Gasteiger charge is -2.00. The standard InChI is InChI=1S/C15H8Cl2N2O5/c16-12-5-3-11(18(21)22)7-9(12)2-6-15(20)10-1-4-13(17)14(8-10)19(23)24/h1-8H/b6-2+. The van der Waals surface area contributed by atoms with Gasteiger partial charge in [-0.25, -0.2) is 0 Å². The zero-order chi connectivity index (χ0) is 17.9. The number of allylic oxidation sites excluding steroid dienone is 1. The van der Waals surface area contributed by atoms with Gasteiger partial charge >= 0.3 is 0 Å². The molecule has 0 radical (unpaired) electrons. The molecule has 0 amide bonds. The lowest BCUT2D eigenvalue weighted by Crippen LogP contribution is -1.97. The summed E-state index contributed by atoms with van der Waals surface area (Å²) in [5.74, 6) is -0.530. The number of ketones is 1. The predicted molar refractivity (Wildman–Crippen MR) is 89.6 cm³/mol. The maximum atomic E-state index is 12.1. The van der Waals surface area contributed by atoms with Crippen molar-refractivity contribution in [3.63, 3.8) is 0 Å². The van der Waals surface area contributed by atoms with Crippen LogP contribution in [0, 0.1) is 20.2 Å². The summed E-state index contributed by atoms with van der Waals surface area (Å²) in [5.41, 5.74) is -0.218. The first-order chi connectivity index (χ1) is 11.3. The molecule has 0 unspecified atom stereocenters. The van der Waals surface area contributed by atoms with E-state index in [9.17, 15) is 25.0 Å². The average molecular weight is 367 g/mol. The fraction of sp³-hybridized carbons (Fsp3) is 0. The van der Waals surface area contributed by atoms with E-state index in [2.05, 4.69) is 0 Å². The lowest BCUT2D eigenvalue weighted by molar-refractivity contribution is -0.385. The Bertz CT molecular complexity index is 880. The third kappa shape index (κ3) is 3.95. The fourth-order valence-corrected chi connectivity index (χ4v) is 2.21. The van der Waals surface area contributed by atoms with Gasteiger partial charge in [-0.2, -0.15) is 0 Å². The van der Waals surface area contributed by atoms with Crippen LogP contribution in [-0.2, 0) is 0 Å². The zero-order valence-corrected chi connectivity index (χ0v) is 13.3. The van der Waals surface area contributed by atoms with Crippen molar-refractivity contribution in [3.8, 4) is 0 Å². The van der Waals surface area contributed by atoms with E-state index < -0.39 is 15.6 Å². The number of halogens is 2. The van der Waals surface area contributed by atoms with Gasteiger partial charge < -0.3 is 0 Å². The van der Waals surface area contributed by atoms with Crippen LogP contribution in [0.3, 0.4) is 0 Å². The first-order valence-electron chi connectivity index (χ1n) is 6.40. The van der Waals surface area contributed by atoms with E-state index in [1.165, 1.54) is 36.4 Å². The van der Waals surface area contributed by atoms with Crippen molar-refractivity contribution in [2.24, 2.45) is 0 Å². The molecule has 0 saturated heterocycles. The van der Waals surface area contributed by atoms with Gasteiger partial charge in [0.2, 0.25) is 0 Å². The number of rotatable bonds is 5. The number of non-ortho nitro benzene ring substituents is 1. The highest BCUT2D eigenvalue weighted by molar-refractivity contribution is 6.33. The summed E-state index contributed by atoms with van der Waals surface area (Å²) in [6.45, 7) is 0. The second kappa shape index (κ2) is 7.20. The molecule has 9 heteroatoms. The highest BCUT2D eigenvalue weighted by Gasteiger charge is 2.15. The van der Waals surface area contributed by atoms with Gasteiger partial charge in [-0.15, -0.1) is 0 Å². The second-order valence-electron chi connectivity index (χ2n) is 4.58. The molecule has 24 heavy (non-hydrogen) atoms. The topological polar surface area (TPSA) is 103 Å². The minimum absolute atomic E-state index is 0.0592. The Hall–Kier alpha value is -2.77. The molecule has 0 spiro atoms. The molecule has 0 aromatic heterocycles. The van der Waals surface area contributed by atoms with E-state index in [0.717, 1.165) is 12.1 Å². The van der Waals surface area contributed by atoms with Gasteiger partial charge in [0, 0.05) is 28.8 Å². The molecule has 7 nitrogen and oxygen atoms in total. The molecular weight excluding hydrogens is 359 g/mol. The molecular formula is C15H8Cl2N2O5. The third-order valence-electron chi connectivity index (χ3n) is 3.03. The maximum absolute atomic E-state index is 12.1. The average Bonchev–Trinajstić information content (AvgIpc) is 2.53. The Labute approximate surface area is 145 Å². The van der Waals surface area contributed by atoms with Crippen LogP contribution in [-0.4, -0.2) is 15.6 Å². The minimum atomic E-state index is -0.694. The highest BCUT2D eigenvalue weighted by atomic mass is 35.5. The number of nitrogens with zero attached hydrogens (tertiary/aromatic N) is 2. The molecule has 0 saturated carbocycles. The Kier molecular flexibility index (Phi) is 5.28. The zero-order valence-electron chi connectivity index (χ0n) is 11.8. The number of carbonyl (C=O) groups excluding carboxylic acids is 1. The Morgan fingerprint density at radius 2 is 1.62 bits per heavy atom. The quantitative estimate of drug-likeness (QED) is 0.330. The van der Waals surface area contributed by atoms with Crippen LogP contribution in [0.4, 0.5) is 11.4 Å². The number of nitro benzene ring substituents is 2. The van der Waals surface area contributed by atoms with Gasteiger partial charge in [-0.3, -0.25) is 25.0 Å². The third-order valence-corrected chi connectivity index (χ3v) is 3.70. The molecule has 2 aromatic rings. The number of hydrogen-bond donors (Lipinski definition) is 0. The van der Waals surface area contributed by atoms with E-state index in [4.69, 9.17) is 23.2 Å². The summed E-state index contributed by atoms with van der Waals surface area (Å²) in [4.78, 5) is 32.4.